The largest absolute Gasteiger partial charge is 0.418 e. The summed E-state index contributed by atoms with van der Waals surface area (Å²) in [7, 11) is 0. The van der Waals surface area contributed by atoms with E-state index in [4.69, 9.17) is 5.73 Å². The number of carbonyl (C=O) groups excluding carboxylic acids is 1. The van der Waals surface area contributed by atoms with Gasteiger partial charge in [-0.1, -0.05) is 0 Å². The number of halogens is 6. The van der Waals surface area contributed by atoms with Gasteiger partial charge in [-0.05, 0) is 31.0 Å². The highest BCUT2D eigenvalue weighted by Gasteiger charge is 2.64. The summed E-state index contributed by atoms with van der Waals surface area (Å²) in [6.07, 6.45) is -10.0. The molecule has 0 atom stereocenters. The van der Waals surface area contributed by atoms with Crippen LogP contribution in [0.5, 0.6) is 0 Å². The molecule has 9 heteroatoms. The Hall–Kier alpha value is -1.93. The molecule has 0 aliphatic heterocycles. The van der Waals surface area contributed by atoms with Crippen molar-refractivity contribution in [3.63, 3.8) is 0 Å². The Bertz CT molecular complexity index is 574. The molecule has 116 valence electrons. The van der Waals surface area contributed by atoms with Crippen molar-refractivity contribution in [1.82, 2.24) is 5.32 Å². The summed E-state index contributed by atoms with van der Waals surface area (Å²) in [4.78, 5) is 11.7. The lowest BCUT2D eigenvalue weighted by Crippen LogP contribution is -2.47. The lowest BCUT2D eigenvalue weighted by molar-refractivity contribution is -0.163. The highest BCUT2D eigenvalue weighted by atomic mass is 19.4. The van der Waals surface area contributed by atoms with E-state index in [1.807, 2.05) is 0 Å². The minimum Gasteiger partial charge on any atom is -0.398 e. The fourth-order valence-electron chi connectivity index (χ4n) is 1.84. The first-order chi connectivity index (χ1) is 9.46. The number of anilines is 1. The van der Waals surface area contributed by atoms with Gasteiger partial charge in [-0.25, -0.2) is 0 Å². The van der Waals surface area contributed by atoms with Crippen molar-refractivity contribution in [1.29, 1.82) is 0 Å². The SMILES string of the molecule is Nc1ccc(C(=O)NC2(C(F)(F)F)CC2)cc1C(F)(F)F. The number of benzene rings is 1. The van der Waals surface area contributed by atoms with Gasteiger partial charge < -0.3 is 11.1 Å². The predicted molar refractivity (Wildman–Crippen MR) is 61.3 cm³/mol. The highest BCUT2D eigenvalue weighted by molar-refractivity contribution is 5.95. The number of rotatable bonds is 2. The maximum atomic E-state index is 12.7. The minimum atomic E-state index is -4.79. The molecule has 1 saturated carbocycles. The van der Waals surface area contributed by atoms with Crippen molar-refractivity contribution < 1.29 is 31.1 Å². The van der Waals surface area contributed by atoms with Crippen LogP contribution in [-0.2, 0) is 6.18 Å². The van der Waals surface area contributed by atoms with E-state index in [-0.39, 0.29) is 12.8 Å². The summed E-state index contributed by atoms with van der Waals surface area (Å²) in [5, 5.41) is 1.75. The summed E-state index contributed by atoms with van der Waals surface area (Å²) in [6, 6.07) is 2.23. The van der Waals surface area contributed by atoms with Crippen molar-refractivity contribution in [2.45, 2.75) is 30.7 Å². The van der Waals surface area contributed by atoms with Crippen LogP contribution in [0.1, 0.15) is 28.8 Å². The number of nitrogen functional groups attached to an aromatic ring is 1. The van der Waals surface area contributed by atoms with Crippen molar-refractivity contribution in [2.75, 3.05) is 5.73 Å². The van der Waals surface area contributed by atoms with Gasteiger partial charge in [0.1, 0.15) is 5.54 Å². The Balaban J connectivity index is 2.26. The molecule has 21 heavy (non-hydrogen) atoms. The van der Waals surface area contributed by atoms with Crippen LogP contribution < -0.4 is 11.1 Å². The third-order valence-electron chi connectivity index (χ3n) is 3.27. The van der Waals surface area contributed by atoms with Gasteiger partial charge in [0.05, 0.1) is 5.56 Å². The zero-order valence-corrected chi connectivity index (χ0v) is 10.4. The van der Waals surface area contributed by atoms with E-state index in [1.165, 1.54) is 0 Å². The number of hydrogen-bond donors (Lipinski definition) is 2. The van der Waals surface area contributed by atoms with Gasteiger partial charge in [0.25, 0.3) is 5.91 Å². The van der Waals surface area contributed by atoms with Crippen LogP contribution in [0.2, 0.25) is 0 Å². The fraction of sp³-hybridized carbons (Fsp3) is 0.417. The van der Waals surface area contributed by atoms with E-state index in [0.717, 1.165) is 12.1 Å². The van der Waals surface area contributed by atoms with Crippen LogP contribution in [0, 0.1) is 0 Å². The molecule has 1 aromatic rings. The Labute approximate surface area is 115 Å². The minimum absolute atomic E-state index is 0.288. The first-order valence-corrected chi connectivity index (χ1v) is 5.82. The third kappa shape index (κ3) is 2.91. The molecule has 0 unspecified atom stereocenters. The molecule has 0 spiro atoms. The van der Waals surface area contributed by atoms with E-state index >= 15 is 0 Å². The number of nitrogens with one attached hydrogen (secondary N) is 1. The monoisotopic (exact) mass is 312 g/mol. The second kappa shape index (κ2) is 4.54. The van der Waals surface area contributed by atoms with E-state index in [1.54, 1.807) is 5.32 Å². The summed E-state index contributed by atoms with van der Waals surface area (Å²) in [5.41, 5.74) is 0.444. The Morgan fingerprint density at radius 3 is 2.14 bits per heavy atom. The smallest absolute Gasteiger partial charge is 0.398 e. The molecule has 0 radical (unpaired) electrons. The average molecular weight is 312 g/mol. The zero-order valence-electron chi connectivity index (χ0n) is 10.4. The number of nitrogens with two attached hydrogens (primary N) is 1. The molecule has 3 nitrogen and oxygen atoms in total. The molecular weight excluding hydrogens is 302 g/mol. The fourth-order valence-corrected chi connectivity index (χ4v) is 1.84. The first kappa shape index (κ1) is 15.5. The van der Waals surface area contributed by atoms with Gasteiger partial charge in [0.15, 0.2) is 0 Å². The maximum absolute atomic E-state index is 12.7. The van der Waals surface area contributed by atoms with Crippen molar-refractivity contribution in [2.24, 2.45) is 0 Å². The Morgan fingerprint density at radius 1 is 1.14 bits per heavy atom. The van der Waals surface area contributed by atoms with E-state index in [0.29, 0.717) is 6.07 Å². The Morgan fingerprint density at radius 2 is 1.71 bits per heavy atom. The van der Waals surface area contributed by atoms with Crippen LogP contribution in [0.25, 0.3) is 0 Å². The van der Waals surface area contributed by atoms with E-state index in [9.17, 15) is 31.1 Å². The summed E-state index contributed by atoms with van der Waals surface area (Å²) in [6.45, 7) is 0. The quantitative estimate of drug-likeness (QED) is 0.651. The van der Waals surface area contributed by atoms with Crippen LogP contribution in [0.4, 0.5) is 32.0 Å². The van der Waals surface area contributed by atoms with E-state index < -0.39 is 40.6 Å². The predicted octanol–water partition coefficient (Wildman–Crippen LogP) is 3.11. The van der Waals surface area contributed by atoms with Gasteiger partial charge in [0, 0.05) is 11.3 Å². The molecule has 0 aromatic heterocycles. The molecule has 0 saturated heterocycles. The molecule has 1 aliphatic rings. The van der Waals surface area contributed by atoms with Crippen molar-refractivity contribution >= 4 is 11.6 Å². The average Bonchev–Trinajstić information content (AvgIpc) is 3.08. The molecule has 2 rings (SSSR count). The number of alkyl halides is 6. The second-order valence-electron chi connectivity index (χ2n) is 4.83. The molecule has 3 N–H and O–H groups in total. The molecular formula is C12H10F6N2O. The molecule has 1 aromatic carbocycles. The van der Waals surface area contributed by atoms with Gasteiger partial charge in [0.2, 0.25) is 0 Å². The molecule has 0 bridgehead atoms. The van der Waals surface area contributed by atoms with Gasteiger partial charge in [-0.15, -0.1) is 0 Å². The second-order valence-corrected chi connectivity index (χ2v) is 4.83. The maximum Gasteiger partial charge on any atom is 0.418 e. The zero-order chi connectivity index (χ0) is 16.1. The van der Waals surface area contributed by atoms with E-state index in [2.05, 4.69) is 0 Å². The first-order valence-electron chi connectivity index (χ1n) is 5.82. The van der Waals surface area contributed by atoms with Crippen LogP contribution in [0.15, 0.2) is 18.2 Å². The number of amides is 1. The number of hydrogen-bond acceptors (Lipinski definition) is 2. The van der Waals surface area contributed by atoms with Gasteiger partial charge in [-0.3, -0.25) is 4.79 Å². The lowest BCUT2D eigenvalue weighted by atomic mass is 10.1. The highest BCUT2D eigenvalue weighted by Crippen LogP contribution is 2.49. The summed E-state index contributed by atoms with van der Waals surface area (Å²) < 4.78 is 76.0. The number of carbonyl (C=O) groups is 1. The van der Waals surface area contributed by atoms with Crippen LogP contribution in [-0.4, -0.2) is 17.6 Å². The van der Waals surface area contributed by atoms with Crippen molar-refractivity contribution in [3.05, 3.63) is 29.3 Å². The van der Waals surface area contributed by atoms with Crippen molar-refractivity contribution in [3.8, 4) is 0 Å². The molecule has 1 amide bonds. The summed E-state index contributed by atoms with van der Waals surface area (Å²) in [5.74, 6) is -1.21. The topological polar surface area (TPSA) is 55.1 Å². The normalized spacial score (nSPS) is 17.4. The van der Waals surface area contributed by atoms with Gasteiger partial charge in [-0.2, -0.15) is 26.3 Å². The summed E-state index contributed by atoms with van der Waals surface area (Å²) >= 11 is 0. The molecule has 0 heterocycles. The standard InChI is InChI=1S/C12H10F6N2O/c13-11(14,15)7-5-6(1-2-8(7)19)9(21)20-10(3-4-10)12(16,17)18/h1-2,5H,3-4,19H2,(H,20,21). The molecule has 1 aliphatic carbocycles. The van der Waals surface area contributed by atoms with Crippen LogP contribution in [0.3, 0.4) is 0 Å². The third-order valence-corrected chi connectivity index (χ3v) is 3.27. The van der Waals surface area contributed by atoms with Gasteiger partial charge >= 0.3 is 12.4 Å². The lowest BCUT2D eigenvalue weighted by Gasteiger charge is -2.21. The van der Waals surface area contributed by atoms with Crippen LogP contribution >= 0.6 is 0 Å². The molecule has 1 fully saturated rings. The Kier molecular flexibility index (Phi) is 3.34.